The van der Waals surface area contributed by atoms with E-state index in [0.717, 1.165) is 24.2 Å². The third-order valence-corrected chi connectivity index (χ3v) is 9.77. The number of aromatic nitrogens is 4. The summed E-state index contributed by atoms with van der Waals surface area (Å²) in [5.41, 5.74) is -0.418. The maximum absolute atomic E-state index is 15.5. The van der Waals surface area contributed by atoms with Gasteiger partial charge in [-0.15, -0.1) is 16.4 Å². The highest BCUT2D eigenvalue weighted by Crippen LogP contribution is 2.45. The lowest BCUT2D eigenvalue weighted by molar-refractivity contribution is -0.126. The minimum atomic E-state index is -4.52. The molecule has 5 heterocycles. The van der Waals surface area contributed by atoms with Gasteiger partial charge in [-0.25, -0.2) is 4.39 Å². The van der Waals surface area contributed by atoms with Gasteiger partial charge in [0.15, 0.2) is 0 Å². The lowest BCUT2D eigenvalue weighted by Gasteiger charge is -2.39. The first-order chi connectivity index (χ1) is 21.7. The third kappa shape index (κ3) is 6.55. The molecule has 248 valence electrons. The Bertz CT molecular complexity index is 1730. The van der Waals surface area contributed by atoms with Crippen molar-refractivity contribution in [3.63, 3.8) is 0 Å². The zero-order valence-electron chi connectivity index (χ0n) is 25.7. The number of carbonyl (C=O) groups is 1. The maximum Gasteiger partial charge on any atom is 0.393 e. The molecular formula is C30H35F4N7O4S. The fourth-order valence-electron chi connectivity index (χ4n) is 6.44. The second-order valence-electron chi connectivity index (χ2n) is 12.5. The van der Waals surface area contributed by atoms with Crippen LogP contribution in [0.3, 0.4) is 0 Å². The van der Waals surface area contributed by atoms with E-state index in [0.29, 0.717) is 22.2 Å². The molecule has 2 saturated heterocycles. The van der Waals surface area contributed by atoms with Crippen LogP contribution in [0.15, 0.2) is 28.9 Å². The van der Waals surface area contributed by atoms with Gasteiger partial charge in [-0.1, -0.05) is 17.3 Å². The molecular weight excluding hydrogens is 630 g/mol. The summed E-state index contributed by atoms with van der Waals surface area (Å²) in [7, 11) is 3.30. The standard InChI is InChI=1S/C30H35F4N7O4S/c1-29(2,43)14-41-13-18(28(38-41)44-4)27(42)35-12-22-37-26(39-45-22)25-17(11-30(32,33)34)16-6-5-7-19(24(16)46-25)36-20-10-15-8-9-21(23(20)31)40(15)3/h5-7,13,15,20-21,23,36,43H,8-12,14H2,1-4H3,(H,35,42)/t15-,20-,21+,23-/m1/s1. The van der Waals surface area contributed by atoms with Crippen molar-refractivity contribution in [2.75, 3.05) is 19.5 Å². The molecule has 4 atom stereocenters. The molecule has 0 saturated carbocycles. The van der Waals surface area contributed by atoms with Crippen LogP contribution in [0.5, 0.6) is 5.88 Å². The van der Waals surface area contributed by atoms with Crippen molar-refractivity contribution in [3.05, 3.63) is 41.4 Å². The van der Waals surface area contributed by atoms with Gasteiger partial charge in [0.25, 0.3) is 5.91 Å². The fourth-order valence-corrected chi connectivity index (χ4v) is 7.66. The summed E-state index contributed by atoms with van der Waals surface area (Å²) in [5, 5.41) is 24.5. The summed E-state index contributed by atoms with van der Waals surface area (Å²) in [5.74, 6) is -0.595. The van der Waals surface area contributed by atoms with Crippen molar-refractivity contribution < 1.29 is 36.7 Å². The van der Waals surface area contributed by atoms with Crippen molar-refractivity contribution >= 4 is 33.0 Å². The van der Waals surface area contributed by atoms with Crippen LogP contribution in [0.1, 0.15) is 54.9 Å². The lowest BCUT2D eigenvalue weighted by Crippen LogP contribution is -2.53. The number of amides is 1. The van der Waals surface area contributed by atoms with Gasteiger partial charge in [0.2, 0.25) is 17.6 Å². The molecule has 2 fully saturated rings. The molecule has 16 heteroatoms. The van der Waals surface area contributed by atoms with Gasteiger partial charge in [-0.3, -0.25) is 14.4 Å². The summed E-state index contributed by atoms with van der Waals surface area (Å²) in [6.45, 7) is 3.10. The van der Waals surface area contributed by atoms with Gasteiger partial charge in [-0.2, -0.15) is 18.2 Å². The number of piperidine rings is 1. The third-order valence-electron chi connectivity index (χ3n) is 8.50. The molecule has 1 aromatic carbocycles. The van der Waals surface area contributed by atoms with E-state index < -0.39 is 36.3 Å². The second kappa shape index (κ2) is 12.1. The number of rotatable bonds is 10. The molecule has 2 bridgehead atoms. The van der Waals surface area contributed by atoms with Gasteiger partial charge in [-0.05, 0) is 57.2 Å². The molecule has 0 unspecified atom stereocenters. The smallest absolute Gasteiger partial charge is 0.393 e. The number of thiophene rings is 1. The first-order valence-electron chi connectivity index (χ1n) is 14.9. The molecule has 3 aromatic heterocycles. The number of alkyl halides is 4. The Morgan fingerprint density at radius 3 is 2.76 bits per heavy atom. The SMILES string of the molecule is COc1nn(CC(C)(C)O)cc1C(=O)NCc1nc(-c2sc3c(N[C@@H]4C[C@H]5CC[C@@H]([C@@H]4F)N5C)cccc3c2CC(F)(F)F)no1. The molecule has 46 heavy (non-hydrogen) atoms. The van der Waals surface area contributed by atoms with Crippen LogP contribution in [0.2, 0.25) is 0 Å². The van der Waals surface area contributed by atoms with E-state index in [9.17, 15) is 23.1 Å². The summed E-state index contributed by atoms with van der Waals surface area (Å²) in [6.07, 6.45) is -3.11. The molecule has 2 aliphatic heterocycles. The van der Waals surface area contributed by atoms with E-state index >= 15 is 4.39 Å². The number of nitrogens with one attached hydrogen (secondary N) is 2. The van der Waals surface area contributed by atoms with Crippen molar-refractivity contribution in [2.45, 2.75) is 88.7 Å². The van der Waals surface area contributed by atoms with Gasteiger partial charge in [0, 0.05) is 18.3 Å². The lowest BCUT2D eigenvalue weighted by atomic mass is 9.95. The number of anilines is 1. The minimum Gasteiger partial charge on any atom is -0.479 e. The Labute approximate surface area is 265 Å². The van der Waals surface area contributed by atoms with Crippen molar-refractivity contribution in [2.24, 2.45) is 0 Å². The second-order valence-corrected chi connectivity index (χ2v) is 13.6. The zero-order chi connectivity index (χ0) is 33.0. The highest BCUT2D eigenvalue weighted by Gasteiger charge is 2.46. The number of carbonyl (C=O) groups excluding carboxylic acids is 1. The summed E-state index contributed by atoms with van der Waals surface area (Å²) in [4.78, 5) is 19.5. The topological polar surface area (TPSA) is 131 Å². The number of halogens is 4. The summed E-state index contributed by atoms with van der Waals surface area (Å²) < 4.78 is 69.4. The Morgan fingerprint density at radius 2 is 2.04 bits per heavy atom. The van der Waals surface area contributed by atoms with E-state index in [1.165, 1.54) is 18.0 Å². The Morgan fingerprint density at radius 1 is 1.26 bits per heavy atom. The summed E-state index contributed by atoms with van der Waals surface area (Å²) in [6, 6.07) is 4.64. The first-order valence-corrected chi connectivity index (χ1v) is 15.7. The molecule has 2 aliphatic rings. The number of hydrogen-bond acceptors (Lipinski definition) is 10. The number of fused-ring (bicyclic) bond motifs is 3. The normalized spacial score (nSPS) is 22.0. The van der Waals surface area contributed by atoms with E-state index in [1.54, 1.807) is 32.0 Å². The van der Waals surface area contributed by atoms with Crippen LogP contribution in [0.25, 0.3) is 20.8 Å². The van der Waals surface area contributed by atoms with E-state index in [4.69, 9.17) is 9.26 Å². The predicted octanol–water partition coefficient (Wildman–Crippen LogP) is 4.95. The minimum absolute atomic E-state index is 0.00302. The Hall–Kier alpha value is -3.76. The molecule has 6 rings (SSSR count). The molecule has 0 spiro atoms. The highest BCUT2D eigenvalue weighted by atomic mass is 32.1. The van der Waals surface area contributed by atoms with Crippen molar-refractivity contribution in [1.29, 1.82) is 0 Å². The number of ether oxygens (including phenoxy) is 1. The number of aliphatic hydroxyl groups is 1. The van der Waals surface area contributed by atoms with Gasteiger partial charge in [0.05, 0.1) is 53.5 Å². The number of hydrogen-bond donors (Lipinski definition) is 3. The van der Waals surface area contributed by atoms with Crippen LogP contribution >= 0.6 is 11.3 Å². The van der Waals surface area contributed by atoms with Crippen LogP contribution in [0.4, 0.5) is 23.2 Å². The van der Waals surface area contributed by atoms with Crippen LogP contribution in [-0.2, 0) is 19.5 Å². The van der Waals surface area contributed by atoms with Crippen molar-refractivity contribution in [1.82, 2.24) is 30.1 Å². The molecule has 1 amide bonds. The van der Waals surface area contributed by atoms with Gasteiger partial charge >= 0.3 is 6.18 Å². The molecule has 4 aromatic rings. The molecule has 0 aliphatic carbocycles. The Kier molecular flexibility index (Phi) is 8.48. The van der Waals surface area contributed by atoms with Crippen LogP contribution < -0.4 is 15.4 Å². The predicted molar refractivity (Wildman–Crippen MR) is 163 cm³/mol. The number of benzene rings is 1. The molecule has 3 N–H and O–H groups in total. The molecule has 0 radical (unpaired) electrons. The largest absolute Gasteiger partial charge is 0.479 e. The first kappa shape index (κ1) is 32.2. The van der Waals surface area contributed by atoms with Gasteiger partial charge < -0.3 is 25.0 Å². The van der Waals surface area contributed by atoms with E-state index in [-0.39, 0.29) is 58.8 Å². The fraction of sp³-hybridized carbons (Fsp3) is 0.533. The van der Waals surface area contributed by atoms with Crippen LogP contribution in [-0.4, -0.2) is 86.1 Å². The monoisotopic (exact) mass is 665 g/mol. The quantitative estimate of drug-likeness (QED) is 0.202. The van der Waals surface area contributed by atoms with Crippen LogP contribution in [0, 0.1) is 0 Å². The highest BCUT2D eigenvalue weighted by molar-refractivity contribution is 7.23. The number of methoxy groups -OCH3 is 1. The zero-order valence-corrected chi connectivity index (χ0v) is 26.5. The average molecular weight is 666 g/mol. The van der Waals surface area contributed by atoms with E-state index in [2.05, 4.69) is 30.8 Å². The number of nitrogens with zero attached hydrogens (tertiary/aromatic N) is 5. The van der Waals surface area contributed by atoms with Crippen molar-refractivity contribution in [3.8, 4) is 16.6 Å². The van der Waals surface area contributed by atoms with Gasteiger partial charge in [0.1, 0.15) is 11.7 Å². The maximum atomic E-state index is 15.5. The Balaban J connectivity index is 1.24. The average Bonchev–Trinajstić information content (AvgIpc) is 3.74. The summed E-state index contributed by atoms with van der Waals surface area (Å²) >= 11 is 1.08. The van der Waals surface area contributed by atoms with E-state index in [1.807, 2.05) is 7.05 Å². The molecule has 11 nitrogen and oxygen atoms in total.